The van der Waals surface area contributed by atoms with Gasteiger partial charge in [-0.05, 0) is 36.2 Å². The smallest absolute Gasteiger partial charge is 0.191 e. The Hall–Kier alpha value is -1.19. The van der Waals surface area contributed by atoms with Crippen LogP contribution in [0.4, 0.5) is 4.39 Å². The van der Waals surface area contributed by atoms with Crippen LogP contribution in [0, 0.1) is 5.82 Å². The Bertz CT molecular complexity index is 742. The number of rotatable bonds is 6. The number of nitrogens with one attached hydrogen (secondary N) is 2. The maximum Gasteiger partial charge on any atom is 0.191 e. The molecule has 4 nitrogen and oxygen atoms in total. The molecule has 0 radical (unpaired) electrons. The molecule has 0 aliphatic rings. The molecule has 0 fully saturated rings. The lowest BCUT2D eigenvalue weighted by molar-refractivity contribution is 0.181. The van der Waals surface area contributed by atoms with E-state index < -0.39 is 0 Å². The highest BCUT2D eigenvalue weighted by Crippen LogP contribution is 2.22. The lowest BCUT2D eigenvalue weighted by Gasteiger charge is -2.19. The molecule has 2 N–H and O–H groups in total. The third kappa shape index (κ3) is 6.51. The molecule has 0 aliphatic heterocycles. The third-order valence-electron chi connectivity index (χ3n) is 3.82. The van der Waals surface area contributed by atoms with Gasteiger partial charge in [-0.2, -0.15) is 0 Å². The highest BCUT2D eigenvalue weighted by Gasteiger charge is 2.11. The van der Waals surface area contributed by atoms with Crippen molar-refractivity contribution in [1.82, 2.24) is 10.6 Å². The fourth-order valence-electron chi connectivity index (χ4n) is 2.49. The first-order chi connectivity index (χ1) is 12.0. The number of aliphatic imine (C=N–C) groups is 1. The van der Waals surface area contributed by atoms with E-state index in [0.717, 1.165) is 15.6 Å². The summed E-state index contributed by atoms with van der Waals surface area (Å²) >= 11 is 3.57. The van der Waals surface area contributed by atoms with Crippen molar-refractivity contribution < 1.29 is 9.13 Å². The molecule has 2 aromatic rings. The number of halogens is 3. The Kier molecular flexibility index (Phi) is 10.1. The Balaban J connectivity index is 0.00000338. The maximum absolute atomic E-state index is 13.7. The second-order valence-corrected chi connectivity index (χ2v) is 6.53. The number of ether oxygens (including phenoxy) is 1. The van der Waals surface area contributed by atoms with E-state index in [4.69, 9.17) is 4.74 Å². The largest absolute Gasteiger partial charge is 0.380 e. The SMILES string of the molecule is CN=C(NCc1ccc(F)c(COC)c1)NC(C)c1ccccc1Br.I. The average Bonchev–Trinajstić information content (AvgIpc) is 2.61. The zero-order valence-electron chi connectivity index (χ0n) is 15.1. The zero-order valence-corrected chi connectivity index (χ0v) is 19.0. The maximum atomic E-state index is 13.7. The number of benzene rings is 2. The molecule has 142 valence electrons. The Morgan fingerprint density at radius 1 is 1.27 bits per heavy atom. The minimum absolute atomic E-state index is 0. The van der Waals surface area contributed by atoms with Gasteiger partial charge in [0.05, 0.1) is 12.6 Å². The lowest BCUT2D eigenvalue weighted by atomic mass is 10.1. The molecule has 0 aliphatic carbocycles. The van der Waals surface area contributed by atoms with Crippen molar-refractivity contribution in [2.24, 2.45) is 4.99 Å². The summed E-state index contributed by atoms with van der Waals surface area (Å²) in [5.74, 6) is 0.427. The molecule has 0 spiro atoms. The van der Waals surface area contributed by atoms with E-state index in [9.17, 15) is 4.39 Å². The van der Waals surface area contributed by atoms with Crippen LogP contribution < -0.4 is 10.6 Å². The van der Waals surface area contributed by atoms with E-state index in [1.165, 1.54) is 6.07 Å². The van der Waals surface area contributed by atoms with Crippen LogP contribution in [0.15, 0.2) is 51.9 Å². The molecule has 1 atom stereocenters. The van der Waals surface area contributed by atoms with Crippen LogP contribution in [-0.2, 0) is 17.9 Å². The average molecular weight is 536 g/mol. The normalized spacial score (nSPS) is 12.3. The summed E-state index contributed by atoms with van der Waals surface area (Å²) < 4.78 is 19.7. The van der Waals surface area contributed by atoms with Gasteiger partial charge >= 0.3 is 0 Å². The van der Waals surface area contributed by atoms with E-state index in [1.54, 1.807) is 26.3 Å². The molecule has 0 heterocycles. The quantitative estimate of drug-likeness (QED) is 0.318. The highest BCUT2D eigenvalue weighted by atomic mass is 127. The molecule has 2 rings (SSSR count). The Morgan fingerprint density at radius 2 is 2.00 bits per heavy atom. The van der Waals surface area contributed by atoms with Crippen LogP contribution in [0.5, 0.6) is 0 Å². The van der Waals surface area contributed by atoms with Gasteiger partial charge in [0.15, 0.2) is 5.96 Å². The fraction of sp³-hybridized carbons (Fsp3) is 0.316. The molecule has 0 saturated carbocycles. The monoisotopic (exact) mass is 535 g/mol. The van der Waals surface area contributed by atoms with Crippen molar-refractivity contribution in [3.05, 3.63) is 69.4 Å². The predicted molar refractivity (Wildman–Crippen MR) is 118 cm³/mol. The van der Waals surface area contributed by atoms with Crippen molar-refractivity contribution in [3.63, 3.8) is 0 Å². The summed E-state index contributed by atoms with van der Waals surface area (Å²) in [6.45, 7) is 2.87. The number of guanidine groups is 1. The topological polar surface area (TPSA) is 45.7 Å². The van der Waals surface area contributed by atoms with E-state index in [-0.39, 0.29) is 42.4 Å². The first kappa shape index (κ1) is 22.9. The first-order valence-electron chi connectivity index (χ1n) is 8.03. The predicted octanol–water partition coefficient (Wildman–Crippen LogP) is 4.78. The van der Waals surface area contributed by atoms with Gasteiger partial charge in [0, 0.05) is 30.7 Å². The van der Waals surface area contributed by atoms with Crippen molar-refractivity contribution >= 4 is 45.9 Å². The van der Waals surface area contributed by atoms with Gasteiger partial charge in [0.1, 0.15) is 5.82 Å². The fourth-order valence-corrected chi connectivity index (χ4v) is 3.12. The minimum atomic E-state index is -0.254. The minimum Gasteiger partial charge on any atom is -0.380 e. The molecule has 1 unspecified atom stereocenters. The van der Waals surface area contributed by atoms with Gasteiger partial charge in [-0.15, -0.1) is 24.0 Å². The van der Waals surface area contributed by atoms with Crippen LogP contribution in [-0.4, -0.2) is 20.1 Å². The van der Waals surface area contributed by atoms with Gasteiger partial charge < -0.3 is 15.4 Å². The van der Waals surface area contributed by atoms with Gasteiger partial charge in [0.2, 0.25) is 0 Å². The van der Waals surface area contributed by atoms with Gasteiger partial charge in [-0.1, -0.05) is 40.2 Å². The summed E-state index contributed by atoms with van der Waals surface area (Å²) in [6, 6.07) is 13.2. The number of hydrogen-bond acceptors (Lipinski definition) is 2. The molecule has 7 heteroatoms. The number of nitrogens with zero attached hydrogens (tertiary/aromatic N) is 1. The summed E-state index contributed by atoms with van der Waals surface area (Å²) in [4.78, 5) is 4.25. The van der Waals surface area contributed by atoms with Crippen LogP contribution in [0.2, 0.25) is 0 Å². The molecule has 0 aromatic heterocycles. The number of methoxy groups -OCH3 is 1. The van der Waals surface area contributed by atoms with E-state index in [0.29, 0.717) is 18.1 Å². The molecule has 0 saturated heterocycles. The van der Waals surface area contributed by atoms with E-state index >= 15 is 0 Å². The van der Waals surface area contributed by atoms with Crippen LogP contribution in [0.25, 0.3) is 0 Å². The van der Waals surface area contributed by atoms with Crippen LogP contribution >= 0.6 is 39.9 Å². The molecule has 0 amide bonds. The first-order valence-corrected chi connectivity index (χ1v) is 8.82. The second kappa shape index (κ2) is 11.5. The summed E-state index contributed by atoms with van der Waals surface area (Å²) in [5, 5.41) is 6.61. The van der Waals surface area contributed by atoms with Crippen molar-refractivity contribution in [2.75, 3.05) is 14.2 Å². The lowest BCUT2D eigenvalue weighted by Crippen LogP contribution is -2.38. The highest BCUT2D eigenvalue weighted by molar-refractivity contribution is 14.0. The third-order valence-corrected chi connectivity index (χ3v) is 4.54. The van der Waals surface area contributed by atoms with E-state index in [2.05, 4.69) is 44.5 Å². The van der Waals surface area contributed by atoms with Gasteiger partial charge in [-0.25, -0.2) is 4.39 Å². The van der Waals surface area contributed by atoms with Crippen molar-refractivity contribution in [3.8, 4) is 0 Å². The molecule has 0 bridgehead atoms. The molecule has 26 heavy (non-hydrogen) atoms. The van der Waals surface area contributed by atoms with Crippen molar-refractivity contribution in [1.29, 1.82) is 0 Å². The standard InChI is InChI=1S/C19H23BrFN3O.HI/c1-13(16-6-4-5-7-17(16)20)24-19(22-2)23-11-14-8-9-18(21)15(10-14)12-25-3;/h4-10,13H,11-12H2,1-3H3,(H2,22,23,24);1H. The van der Waals surface area contributed by atoms with E-state index in [1.807, 2.05) is 18.2 Å². The van der Waals surface area contributed by atoms with Gasteiger partial charge in [-0.3, -0.25) is 4.99 Å². The summed E-state index contributed by atoms with van der Waals surface area (Å²) in [5.41, 5.74) is 2.66. The van der Waals surface area contributed by atoms with Crippen LogP contribution in [0.3, 0.4) is 0 Å². The summed E-state index contributed by atoms with van der Waals surface area (Å²) in [6.07, 6.45) is 0. The Morgan fingerprint density at radius 3 is 2.65 bits per heavy atom. The number of hydrogen-bond donors (Lipinski definition) is 2. The molecular weight excluding hydrogens is 512 g/mol. The van der Waals surface area contributed by atoms with Gasteiger partial charge in [0.25, 0.3) is 0 Å². The zero-order chi connectivity index (χ0) is 18.2. The van der Waals surface area contributed by atoms with Crippen molar-refractivity contribution in [2.45, 2.75) is 26.1 Å². The summed E-state index contributed by atoms with van der Waals surface area (Å²) in [7, 11) is 3.28. The van der Waals surface area contributed by atoms with Crippen LogP contribution in [0.1, 0.15) is 29.7 Å². The molecular formula is C19H24BrFIN3O. The second-order valence-electron chi connectivity index (χ2n) is 5.67. The Labute approximate surface area is 179 Å². The molecule has 2 aromatic carbocycles.